The minimum Gasteiger partial charge on any atom is -0.494 e. The number of pyridine rings is 1. The molecule has 0 spiro atoms. The number of carbonyl (C=O) groups is 1. The first-order chi connectivity index (χ1) is 11.1. The quantitative estimate of drug-likeness (QED) is 0.730. The van der Waals surface area contributed by atoms with Crippen LogP contribution in [0.4, 0.5) is 11.5 Å². The number of benzene rings is 1. The van der Waals surface area contributed by atoms with Gasteiger partial charge in [-0.05, 0) is 50.2 Å². The average molecular weight is 315 g/mol. The van der Waals surface area contributed by atoms with Crippen molar-refractivity contribution in [3.63, 3.8) is 0 Å². The summed E-state index contributed by atoms with van der Waals surface area (Å²) in [5.74, 6) is 0.959. The molecule has 0 aliphatic rings. The molecule has 1 unspecified atom stereocenters. The number of aliphatic hydroxyl groups is 1. The molecule has 6 heteroatoms. The Morgan fingerprint density at radius 1 is 1.30 bits per heavy atom. The molecule has 1 heterocycles. The maximum absolute atomic E-state index is 12.2. The first kappa shape index (κ1) is 16.8. The van der Waals surface area contributed by atoms with Gasteiger partial charge >= 0.3 is 0 Å². The van der Waals surface area contributed by atoms with Crippen molar-refractivity contribution in [2.45, 2.75) is 19.9 Å². The number of aliphatic hydroxyl groups excluding tert-OH is 1. The number of nitrogens with zero attached hydrogens (tertiary/aromatic N) is 1. The van der Waals surface area contributed by atoms with Crippen LogP contribution in [0.5, 0.6) is 5.75 Å². The molecule has 0 saturated heterocycles. The number of amides is 1. The first-order valence-corrected chi connectivity index (χ1v) is 7.50. The molecular weight excluding hydrogens is 294 g/mol. The highest BCUT2D eigenvalue weighted by Gasteiger charge is 2.14. The second-order valence-corrected chi connectivity index (χ2v) is 5.04. The first-order valence-electron chi connectivity index (χ1n) is 7.50. The minimum absolute atomic E-state index is 0.117. The van der Waals surface area contributed by atoms with E-state index in [0.717, 1.165) is 11.4 Å². The predicted molar refractivity (Wildman–Crippen MR) is 89.1 cm³/mol. The van der Waals surface area contributed by atoms with Crippen LogP contribution in [-0.2, 0) is 0 Å². The summed E-state index contributed by atoms with van der Waals surface area (Å²) in [5, 5.41) is 14.9. The minimum atomic E-state index is -0.318. The van der Waals surface area contributed by atoms with Gasteiger partial charge in [-0.15, -0.1) is 0 Å². The smallest absolute Gasteiger partial charge is 0.255 e. The number of ether oxygens (including phenoxy) is 1. The van der Waals surface area contributed by atoms with Crippen LogP contribution in [0, 0.1) is 0 Å². The zero-order chi connectivity index (χ0) is 16.7. The Bertz CT molecular complexity index is 644. The number of hydrogen-bond acceptors (Lipinski definition) is 5. The van der Waals surface area contributed by atoms with Crippen LogP contribution in [0.15, 0.2) is 42.6 Å². The van der Waals surface area contributed by atoms with Crippen LogP contribution in [0.3, 0.4) is 0 Å². The lowest BCUT2D eigenvalue weighted by atomic mass is 10.2. The van der Waals surface area contributed by atoms with Crippen LogP contribution in [0.1, 0.15) is 24.2 Å². The summed E-state index contributed by atoms with van der Waals surface area (Å²) in [4.78, 5) is 16.5. The molecule has 0 radical (unpaired) electrons. The highest BCUT2D eigenvalue weighted by molar-refractivity contribution is 5.99. The highest BCUT2D eigenvalue weighted by atomic mass is 16.5. The molecule has 2 aromatic rings. The van der Waals surface area contributed by atoms with Crippen LogP contribution in [0.2, 0.25) is 0 Å². The van der Waals surface area contributed by atoms with Crippen LogP contribution >= 0.6 is 0 Å². The zero-order valence-electron chi connectivity index (χ0n) is 13.2. The van der Waals surface area contributed by atoms with E-state index < -0.39 is 0 Å². The lowest BCUT2D eigenvalue weighted by Crippen LogP contribution is -2.35. The third-order valence-corrected chi connectivity index (χ3v) is 3.13. The van der Waals surface area contributed by atoms with E-state index in [1.807, 2.05) is 31.2 Å². The van der Waals surface area contributed by atoms with Gasteiger partial charge in [-0.25, -0.2) is 4.98 Å². The van der Waals surface area contributed by atoms with E-state index in [1.54, 1.807) is 25.3 Å². The molecule has 0 aliphatic carbocycles. The van der Waals surface area contributed by atoms with E-state index in [0.29, 0.717) is 18.0 Å². The Kier molecular flexibility index (Phi) is 5.94. The molecule has 6 nitrogen and oxygen atoms in total. The van der Waals surface area contributed by atoms with Gasteiger partial charge in [-0.3, -0.25) is 4.79 Å². The Labute approximate surface area is 135 Å². The van der Waals surface area contributed by atoms with Crippen molar-refractivity contribution >= 4 is 17.4 Å². The molecule has 122 valence electrons. The van der Waals surface area contributed by atoms with Crippen molar-refractivity contribution in [1.82, 2.24) is 10.3 Å². The fourth-order valence-electron chi connectivity index (χ4n) is 1.97. The molecule has 0 fully saturated rings. The number of aromatic nitrogens is 1. The third-order valence-electron chi connectivity index (χ3n) is 3.13. The van der Waals surface area contributed by atoms with Crippen molar-refractivity contribution in [3.8, 4) is 5.75 Å². The molecule has 3 N–H and O–H groups in total. The third kappa shape index (κ3) is 4.69. The fourth-order valence-corrected chi connectivity index (χ4v) is 1.97. The maximum Gasteiger partial charge on any atom is 0.255 e. The van der Waals surface area contributed by atoms with E-state index in [1.165, 1.54) is 0 Å². The van der Waals surface area contributed by atoms with Gasteiger partial charge in [-0.1, -0.05) is 0 Å². The largest absolute Gasteiger partial charge is 0.494 e. The molecule has 2 rings (SSSR count). The molecule has 1 atom stereocenters. The highest BCUT2D eigenvalue weighted by Crippen LogP contribution is 2.21. The second kappa shape index (κ2) is 8.14. The van der Waals surface area contributed by atoms with Crippen molar-refractivity contribution < 1.29 is 14.6 Å². The van der Waals surface area contributed by atoms with Crippen molar-refractivity contribution in [2.24, 2.45) is 0 Å². The van der Waals surface area contributed by atoms with Gasteiger partial charge in [0, 0.05) is 17.9 Å². The normalized spacial score (nSPS) is 11.6. The number of nitrogens with one attached hydrogen (secondary N) is 2. The van der Waals surface area contributed by atoms with Crippen molar-refractivity contribution in [1.29, 1.82) is 0 Å². The molecule has 1 aromatic heterocycles. The Hall–Kier alpha value is -2.60. The summed E-state index contributed by atoms with van der Waals surface area (Å²) in [6.07, 6.45) is 1.61. The zero-order valence-corrected chi connectivity index (χ0v) is 13.2. The summed E-state index contributed by atoms with van der Waals surface area (Å²) >= 11 is 0. The molecular formula is C17H21N3O3. The van der Waals surface area contributed by atoms with Crippen molar-refractivity contribution in [2.75, 3.05) is 18.5 Å². The van der Waals surface area contributed by atoms with Crippen molar-refractivity contribution in [3.05, 3.63) is 48.2 Å². The van der Waals surface area contributed by atoms with Gasteiger partial charge in [0.05, 0.1) is 18.8 Å². The Balaban J connectivity index is 2.15. The number of carbonyl (C=O) groups excluding carboxylic acids is 1. The van der Waals surface area contributed by atoms with Crippen LogP contribution in [-0.4, -0.2) is 35.3 Å². The Morgan fingerprint density at radius 2 is 2.04 bits per heavy atom. The monoisotopic (exact) mass is 315 g/mol. The van der Waals surface area contributed by atoms with Gasteiger partial charge in [0.2, 0.25) is 0 Å². The summed E-state index contributed by atoms with van der Waals surface area (Å²) in [6, 6.07) is 10.5. The predicted octanol–water partition coefficient (Wildman–Crippen LogP) is 2.33. The van der Waals surface area contributed by atoms with Gasteiger partial charge in [0.1, 0.15) is 11.6 Å². The molecule has 0 bridgehead atoms. The van der Waals surface area contributed by atoms with E-state index in [4.69, 9.17) is 9.84 Å². The fraction of sp³-hybridized carbons (Fsp3) is 0.294. The number of rotatable bonds is 7. The van der Waals surface area contributed by atoms with E-state index in [-0.39, 0.29) is 18.6 Å². The molecule has 1 aromatic carbocycles. The average Bonchev–Trinajstić information content (AvgIpc) is 2.57. The maximum atomic E-state index is 12.2. The standard InChI is InChI=1S/C17H21N3O3/c1-3-23-14-8-6-13(7-9-14)20-16-15(5-4-10-18-16)17(22)19-12(2)11-21/h4-10,12,21H,3,11H2,1-2H3,(H,18,20)(H,19,22). The summed E-state index contributed by atoms with van der Waals surface area (Å²) in [5.41, 5.74) is 1.22. The van der Waals surface area contributed by atoms with E-state index in [2.05, 4.69) is 15.6 Å². The lowest BCUT2D eigenvalue weighted by molar-refractivity contribution is 0.0923. The van der Waals surface area contributed by atoms with Gasteiger partial charge < -0.3 is 20.5 Å². The van der Waals surface area contributed by atoms with E-state index >= 15 is 0 Å². The molecule has 0 saturated carbocycles. The molecule has 23 heavy (non-hydrogen) atoms. The molecule has 0 aliphatic heterocycles. The number of anilines is 2. The lowest BCUT2D eigenvalue weighted by Gasteiger charge is -2.14. The Morgan fingerprint density at radius 3 is 2.70 bits per heavy atom. The van der Waals surface area contributed by atoms with Gasteiger partial charge in [-0.2, -0.15) is 0 Å². The molecule has 1 amide bonds. The summed E-state index contributed by atoms with van der Waals surface area (Å²) in [7, 11) is 0. The number of hydrogen-bond donors (Lipinski definition) is 3. The topological polar surface area (TPSA) is 83.5 Å². The van der Waals surface area contributed by atoms with Gasteiger partial charge in [0.25, 0.3) is 5.91 Å². The van der Waals surface area contributed by atoms with E-state index in [9.17, 15) is 4.79 Å². The second-order valence-electron chi connectivity index (χ2n) is 5.04. The summed E-state index contributed by atoms with van der Waals surface area (Å²) in [6.45, 7) is 4.15. The van der Waals surface area contributed by atoms with Gasteiger partial charge in [0.15, 0.2) is 0 Å². The summed E-state index contributed by atoms with van der Waals surface area (Å²) < 4.78 is 5.40. The SMILES string of the molecule is CCOc1ccc(Nc2ncccc2C(=O)NC(C)CO)cc1. The van der Waals surface area contributed by atoms with Crippen LogP contribution in [0.25, 0.3) is 0 Å². The van der Waals surface area contributed by atoms with Crippen LogP contribution < -0.4 is 15.4 Å².